The van der Waals surface area contributed by atoms with E-state index in [-0.39, 0.29) is 41.2 Å². The van der Waals surface area contributed by atoms with Crippen molar-refractivity contribution in [3.05, 3.63) is 77.1 Å². The van der Waals surface area contributed by atoms with Crippen LogP contribution < -0.4 is 4.74 Å². The van der Waals surface area contributed by atoms with Gasteiger partial charge in [-0.05, 0) is 55.4 Å². The topological polar surface area (TPSA) is 78.2 Å². The molecule has 8 rings (SSSR count). The first-order valence-electron chi connectivity index (χ1n) is 15.0. The van der Waals surface area contributed by atoms with Crippen LogP contribution in [0.2, 0.25) is 0 Å². The van der Waals surface area contributed by atoms with Crippen LogP contribution in [0.4, 0.5) is 13.2 Å². The fourth-order valence-electron chi connectivity index (χ4n) is 8.28. The van der Waals surface area contributed by atoms with Crippen LogP contribution in [-0.4, -0.2) is 52.4 Å². The zero-order valence-corrected chi connectivity index (χ0v) is 24.8. The highest BCUT2D eigenvalue weighted by molar-refractivity contribution is 5.96. The van der Waals surface area contributed by atoms with Crippen LogP contribution in [0.3, 0.4) is 0 Å². The van der Waals surface area contributed by atoms with Gasteiger partial charge in [-0.25, -0.2) is 9.37 Å². The van der Waals surface area contributed by atoms with Gasteiger partial charge in [-0.3, -0.25) is 4.79 Å². The van der Waals surface area contributed by atoms with Crippen LogP contribution in [-0.2, 0) is 26.0 Å². The summed E-state index contributed by atoms with van der Waals surface area (Å²) in [7, 11) is 1.57. The summed E-state index contributed by atoms with van der Waals surface area (Å²) >= 11 is 0. The minimum absolute atomic E-state index is 0.0550. The number of alkyl halides is 2. The minimum atomic E-state index is -3.28. The molecule has 4 unspecified atom stereocenters. The summed E-state index contributed by atoms with van der Waals surface area (Å²) < 4.78 is 59.3. The molecule has 2 saturated carbocycles. The van der Waals surface area contributed by atoms with E-state index in [1.54, 1.807) is 48.5 Å². The van der Waals surface area contributed by atoms with Gasteiger partial charge in [0.1, 0.15) is 11.6 Å². The van der Waals surface area contributed by atoms with E-state index in [2.05, 4.69) is 9.88 Å². The van der Waals surface area contributed by atoms with Crippen LogP contribution in [0.15, 0.2) is 54.1 Å². The number of Topliss-reactive ketones (excluding diaryl/α,β-unsaturated/α-hetero) is 1. The quantitative estimate of drug-likeness (QED) is 0.365. The number of hydrogen-bond acceptors (Lipinski definition) is 7. The Morgan fingerprint density at radius 3 is 2.55 bits per heavy atom. The van der Waals surface area contributed by atoms with Gasteiger partial charge in [0.2, 0.25) is 5.72 Å². The molecule has 2 spiro atoms. The molecule has 0 radical (unpaired) electrons. The first kappa shape index (κ1) is 27.7. The number of oxime groups is 1. The first-order chi connectivity index (χ1) is 21.0. The molecule has 3 aromatic rings. The van der Waals surface area contributed by atoms with Crippen LogP contribution in [0.1, 0.15) is 67.3 Å². The van der Waals surface area contributed by atoms with Gasteiger partial charge in [0.15, 0.2) is 18.2 Å². The number of nitrogens with zero attached hydrogens (tertiary/aromatic N) is 4. The molecular weight excluding hydrogens is 573 g/mol. The van der Waals surface area contributed by atoms with E-state index in [0.717, 1.165) is 24.1 Å². The molecule has 2 aliphatic carbocycles. The lowest BCUT2D eigenvalue weighted by Crippen LogP contribution is -2.64. The van der Waals surface area contributed by atoms with Gasteiger partial charge in [0, 0.05) is 51.1 Å². The number of carbonyl (C=O) groups excluding carboxylic acids is 1. The Kier molecular flexibility index (Phi) is 5.72. The summed E-state index contributed by atoms with van der Waals surface area (Å²) in [6.45, 7) is 3.59. The Labute approximate surface area is 252 Å². The predicted molar refractivity (Wildman–Crippen MR) is 153 cm³/mol. The molecule has 4 atom stereocenters. The smallest absolute Gasteiger partial charge is 0.310 e. The lowest BCUT2D eigenvalue weighted by atomic mass is 9.54. The number of rotatable bonds is 4. The van der Waals surface area contributed by atoms with Crippen molar-refractivity contribution in [1.82, 2.24) is 14.5 Å². The van der Waals surface area contributed by atoms with Gasteiger partial charge in [-0.15, -0.1) is 0 Å². The van der Waals surface area contributed by atoms with Crippen molar-refractivity contribution in [2.75, 3.05) is 20.3 Å². The number of aryl methyl sites for hydroxylation is 1. The van der Waals surface area contributed by atoms with Crippen LogP contribution in [0.25, 0.3) is 5.69 Å². The molecular formula is C33H33F3N4O4. The lowest BCUT2D eigenvalue weighted by Gasteiger charge is -2.56. The number of carbonyl (C=O) groups is 1. The van der Waals surface area contributed by atoms with Gasteiger partial charge in [-0.1, -0.05) is 23.4 Å². The zero-order chi connectivity index (χ0) is 30.6. The second kappa shape index (κ2) is 9.09. The summed E-state index contributed by atoms with van der Waals surface area (Å²) in [5.41, 5.74) is 0.00206. The zero-order valence-electron chi connectivity index (χ0n) is 24.8. The summed E-state index contributed by atoms with van der Waals surface area (Å²) in [5.74, 6) is -3.67. The molecule has 2 aromatic carbocycles. The first-order valence-corrected chi connectivity index (χ1v) is 15.0. The molecule has 8 nitrogen and oxygen atoms in total. The van der Waals surface area contributed by atoms with Crippen molar-refractivity contribution in [2.45, 2.75) is 69.6 Å². The molecule has 3 fully saturated rings. The van der Waals surface area contributed by atoms with Gasteiger partial charge in [0.25, 0.3) is 0 Å². The number of amidine groups is 1. The number of aromatic nitrogens is 2. The number of methoxy groups -OCH3 is 1. The Balaban J connectivity index is 1.33. The minimum Gasteiger partial charge on any atom is -0.484 e. The van der Waals surface area contributed by atoms with Crippen molar-refractivity contribution in [2.24, 2.45) is 16.0 Å². The number of ether oxygens (including phenoxy) is 2. The van der Waals surface area contributed by atoms with E-state index >= 15 is 8.78 Å². The van der Waals surface area contributed by atoms with E-state index in [1.807, 2.05) is 13.8 Å². The molecule has 0 amide bonds. The summed E-state index contributed by atoms with van der Waals surface area (Å²) in [6.07, 6.45) is 5.45. The predicted octanol–water partition coefficient (Wildman–Crippen LogP) is 5.95. The monoisotopic (exact) mass is 606 g/mol. The largest absolute Gasteiger partial charge is 0.484 e. The standard InChI is InChI=1S/C33H33F3N4O4/c1-19-14-39(18-37-19)25-9-8-23(27-28(25)43-17-33(27,35)36)24-12-22(41)13-26(42-3)32(24)15-31(10-11-31)16-40-29(32)38-44-30(40,2)20-4-6-21(34)7-5-20/h4-9,14,18,24,26H,10-13,15-17H2,1-3H3. The van der Waals surface area contributed by atoms with Gasteiger partial charge in [0.05, 0.1) is 34.8 Å². The molecule has 44 heavy (non-hydrogen) atoms. The van der Waals surface area contributed by atoms with Crippen molar-refractivity contribution < 1.29 is 32.3 Å². The average Bonchev–Trinajstić information content (AvgIpc) is 3.27. The van der Waals surface area contributed by atoms with E-state index in [4.69, 9.17) is 19.5 Å². The number of benzene rings is 2. The molecule has 5 aliphatic rings. The third kappa shape index (κ3) is 3.77. The van der Waals surface area contributed by atoms with Crippen molar-refractivity contribution >= 4 is 11.6 Å². The number of hydrogen-bond donors (Lipinski definition) is 0. The average molecular weight is 607 g/mol. The maximum Gasteiger partial charge on any atom is 0.310 e. The molecule has 11 heteroatoms. The highest BCUT2D eigenvalue weighted by Gasteiger charge is 2.69. The fraction of sp³-hybridized carbons (Fsp3) is 0.485. The Bertz CT molecular complexity index is 1720. The maximum atomic E-state index is 15.9. The lowest BCUT2D eigenvalue weighted by molar-refractivity contribution is -0.135. The van der Waals surface area contributed by atoms with Gasteiger partial charge < -0.3 is 23.8 Å². The molecule has 0 N–H and O–H groups in total. The highest BCUT2D eigenvalue weighted by Crippen LogP contribution is 2.67. The third-order valence-electron chi connectivity index (χ3n) is 10.6. The number of ketones is 1. The van der Waals surface area contributed by atoms with Crippen molar-refractivity contribution in [1.29, 1.82) is 0 Å². The fourth-order valence-corrected chi connectivity index (χ4v) is 8.28. The van der Waals surface area contributed by atoms with Crippen LogP contribution >= 0.6 is 0 Å². The molecule has 1 aromatic heterocycles. The Morgan fingerprint density at radius 1 is 1.09 bits per heavy atom. The van der Waals surface area contributed by atoms with E-state index in [9.17, 15) is 9.18 Å². The second-order valence-corrected chi connectivity index (χ2v) is 13.3. The van der Waals surface area contributed by atoms with Crippen LogP contribution in [0, 0.1) is 23.6 Å². The number of fused-ring (bicyclic) bond motifs is 3. The van der Waals surface area contributed by atoms with Gasteiger partial charge in [-0.2, -0.15) is 8.78 Å². The van der Waals surface area contributed by atoms with Crippen LogP contribution in [0.5, 0.6) is 5.75 Å². The van der Waals surface area contributed by atoms with Gasteiger partial charge >= 0.3 is 5.92 Å². The second-order valence-electron chi connectivity index (χ2n) is 13.3. The normalized spacial score (nSPS) is 31.0. The molecule has 4 heterocycles. The molecule has 0 bridgehead atoms. The Hall–Kier alpha value is -3.86. The van der Waals surface area contributed by atoms with E-state index < -0.39 is 35.7 Å². The number of halogens is 3. The van der Waals surface area contributed by atoms with E-state index in [1.165, 1.54) is 12.1 Å². The number of imidazole rings is 1. The summed E-state index contributed by atoms with van der Waals surface area (Å²) in [4.78, 5) is 26.0. The molecule has 230 valence electrons. The summed E-state index contributed by atoms with van der Waals surface area (Å²) in [5, 5.41) is 4.70. The number of piperidine rings is 1. The summed E-state index contributed by atoms with van der Waals surface area (Å²) in [6, 6.07) is 9.65. The molecule has 3 aliphatic heterocycles. The SMILES string of the molecule is COC1CC(=O)CC(c2ccc(-n3cnc(C)c3)c3c2C(F)(F)CO3)C12CC1(CC1)CN1C2=NOC1(C)c1ccc(F)cc1. The maximum absolute atomic E-state index is 15.9. The van der Waals surface area contributed by atoms with Crippen molar-refractivity contribution in [3.63, 3.8) is 0 Å². The highest BCUT2D eigenvalue weighted by atomic mass is 19.3. The molecule has 1 saturated heterocycles. The van der Waals surface area contributed by atoms with E-state index in [0.29, 0.717) is 30.1 Å². The third-order valence-corrected chi connectivity index (χ3v) is 10.6. The Morgan fingerprint density at radius 2 is 1.86 bits per heavy atom. The van der Waals surface area contributed by atoms with Crippen molar-refractivity contribution in [3.8, 4) is 11.4 Å².